The Bertz CT molecular complexity index is 1030. The van der Waals surface area contributed by atoms with Crippen molar-refractivity contribution in [2.45, 2.75) is 16.2 Å². The molecule has 0 atom stereocenters. The molecular formula is C20H26N2O4S2. The van der Waals surface area contributed by atoms with Gasteiger partial charge in [0.05, 0.1) is 15.5 Å². The number of hydrogen-bond acceptors (Lipinski definition) is 6. The lowest BCUT2D eigenvalue weighted by Gasteiger charge is -2.37. The molecule has 0 bridgehead atoms. The van der Waals surface area contributed by atoms with Gasteiger partial charge < -0.3 is 4.90 Å². The van der Waals surface area contributed by atoms with E-state index in [0.29, 0.717) is 18.8 Å². The van der Waals surface area contributed by atoms with Gasteiger partial charge in [-0.3, -0.25) is 4.90 Å². The summed E-state index contributed by atoms with van der Waals surface area (Å²) in [6.07, 6.45) is 3.19. The van der Waals surface area contributed by atoms with Crippen molar-refractivity contribution in [3.63, 3.8) is 0 Å². The third kappa shape index (κ3) is 5.12. The molecule has 0 unspecified atom stereocenters. The summed E-state index contributed by atoms with van der Waals surface area (Å²) in [5.41, 5.74) is 1.89. The topological polar surface area (TPSA) is 74.8 Å². The number of nitrogens with zero attached hydrogens (tertiary/aromatic N) is 2. The zero-order valence-corrected chi connectivity index (χ0v) is 17.8. The molecule has 0 radical (unpaired) electrons. The first-order valence-corrected chi connectivity index (χ1v) is 13.0. The fourth-order valence-electron chi connectivity index (χ4n) is 3.43. The van der Waals surface area contributed by atoms with Gasteiger partial charge >= 0.3 is 0 Å². The Morgan fingerprint density at radius 2 is 1.46 bits per heavy atom. The van der Waals surface area contributed by atoms with Crippen molar-refractivity contribution < 1.29 is 16.8 Å². The van der Waals surface area contributed by atoms with Crippen LogP contribution in [0.2, 0.25) is 0 Å². The molecule has 1 aliphatic heterocycles. The first kappa shape index (κ1) is 20.8. The van der Waals surface area contributed by atoms with Gasteiger partial charge in [-0.05, 0) is 30.2 Å². The molecule has 152 valence electrons. The maximum Gasteiger partial charge on any atom is 0.177 e. The molecule has 2 aromatic carbocycles. The van der Waals surface area contributed by atoms with E-state index in [1.807, 2.05) is 23.1 Å². The largest absolute Gasteiger partial charge is 0.368 e. The Hall–Kier alpha value is -1.90. The van der Waals surface area contributed by atoms with E-state index < -0.39 is 19.7 Å². The minimum atomic E-state index is -3.55. The van der Waals surface area contributed by atoms with Crippen molar-refractivity contribution in [1.29, 1.82) is 0 Å². The zero-order valence-electron chi connectivity index (χ0n) is 16.2. The first-order valence-electron chi connectivity index (χ1n) is 9.20. The maximum atomic E-state index is 12.3. The molecule has 0 saturated carbocycles. The second kappa shape index (κ2) is 8.23. The predicted octanol–water partition coefficient (Wildman–Crippen LogP) is 1.86. The van der Waals surface area contributed by atoms with E-state index in [9.17, 15) is 16.8 Å². The summed E-state index contributed by atoms with van der Waals surface area (Å²) in [7, 11) is -7.01. The van der Waals surface area contributed by atoms with Gasteiger partial charge in [0.1, 0.15) is 0 Å². The molecule has 1 aliphatic rings. The summed E-state index contributed by atoms with van der Waals surface area (Å²) in [4.78, 5) is 4.50. The van der Waals surface area contributed by atoms with Crippen LogP contribution in [-0.4, -0.2) is 67.0 Å². The van der Waals surface area contributed by atoms with Crippen molar-refractivity contribution in [2.75, 3.05) is 50.1 Å². The number of piperazine rings is 1. The summed E-state index contributed by atoms with van der Waals surface area (Å²) >= 11 is 0. The predicted molar refractivity (Wildman–Crippen MR) is 111 cm³/mol. The van der Waals surface area contributed by atoms with Crippen LogP contribution >= 0.6 is 0 Å². The lowest BCUT2D eigenvalue weighted by atomic mass is 10.1. The molecule has 1 saturated heterocycles. The number of rotatable bonds is 6. The van der Waals surface area contributed by atoms with Gasteiger partial charge in [-0.25, -0.2) is 16.8 Å². The van der Waals surface area contributed by atoms with E-state index in [-0.39, 0.29) is 9.79 Å². The standard InChI is InChI=1S/C20H26N2O4S2/c1-27(23,24)18-8-9-19(20(16-18)28(2,25)26)22-14-12-21(13-15-22)11-10-17-6-4-3-5-7-17/h3-9,16H,10-15H2,1-2H3. The Morgan fingerprint density at radius 1 is 0.821 bits per heavy atom. The molecule has 8 heteroatoms. The molecule has 0 N–H and O–H groups in total. The van der Waals surface area contributed by atoms with Gasteiger partial charge in [0.2, 0.25) is 0 Å². The average molecular weight is 423 g/mol. The Balaban J connectivity index is 1.71. The van der Waals surface area contributed by atoms with Gasteiger partial charge in [-0.2, -0.15) is 0 Å². The Kier molecular flexibility index (Phi) is 6.12. The Labute approximate surface area is 167 Å². The molecule has 0 aromatic heterocycles. The molecule has 6 nitrogen and oxygen atoms in total. The van der Waals surface area contributed by atoms with E-state index in [2.05, 4.69) is 17.0 Å². The van der Waals surface area contributed by atoms with Gasteiger partial charge in [0.15, 0.2) is 19.7 Å². The van der Waals surface area contributed by atoms with Crippen LogP contribution in [0.15, 0.2) is 58.3 Å². The highest BCUT2D eigenvalue weighted by atomic mass is 32.2. The second-order valence-electron chi connectivity index (χ2n) is 7.24. The van der Waals surface area contributed by atoms with Crippen molar-refractivity contribution in [2.24, 2.45) is 0 Å². The highest BCUT2D eigenvalue weighted by Crippen LogP contribution is 2.29. The molecule has 0 spiro atoms. The molecule has 0 amide bonds. The number of sulfone groups is 2. The summed E-state index contributed by atoms with van der Waals surface area (Å²) in [6.45, 7) is 4.04. The molecular weight excluding hydrogens is 396 g/mol. The fourth-order valence-corrected chi connectivity index (χ4v) is 5.07. The zero-order chi connectivity index (χ0) is 20.4. The number of hydrogen-bond donors (Lipinski definition) is 0. The van der Waals surface area contributed by atoms with E-state index in [0.717, 1.165) is 38.6 Å². The minimum Gasteiger partial charge on any atom is -0.368 e. The van der Waals surface area contributed by atoms with Crippen LogP contribution in [0.25, 0.3) is 0 Å². The van der Waals surface area contributed by atoms with Crippen LogP contribution in [-0.2, 0) is 26.1 Å². The molecule has 28 heavy (non-hydrogen) atoms. The number of anilines is 1. The summed E-state index contributed by atoms with van der Waals surface area (Å²) in [5.74, 6) is 0. The quantitative estimate of drug-likeness (QED) is 0.707. The SMILES string of the molecule is CS(=O)(=O)c1ccc(N2CCN(CCc3ccccc3)CC2)c(S(C)(=O)=O)c1. The van der Waals surface area contributed by atoms with Gasteiger partial charge in [-0.1, -0.05) is 30.3 Å². The smallest absolute Gasteiger partial charge is 0.177 e. The lowest BCUT2D eigenvalue weighted by Crippen LogP contribution is -2.47. The summed E-state index contributed by atoms with van der Waals surface area (Å²) in [6, 6.07) is 14.7. The highest BCUT2D eigenvalue weighted by molar-refractivity contribution is 7.91. The second-order valence-corrected chi connectivity index (χ2v) is 11.2. The van der Waals surface area contributed by atoms with Crippen molar-refractivity contribution in [3.8, 4) is 0 Å². The van der Waals surface area contributed by atoms with E-state index in [1.165, 1.54) is 17.7 Å². The third-order valence-electron chi connectivity index (χ3n) is 5.03. The van der Waals surface area contributed by atoms with Crippen LogP contribution in [0.4, 0.5) is 5.69 Å². The van der Waals surface area contributed by atoms with E-state index in [4.69, 9.17) is 0 Å². The van der Waals surface area contributed by atoms with Crippen LogP contribution in [0.5, 0.6) is 0 Å². The van der Waals surface area contributed by atoms with Crippen molar-refractivity contribution in [3.05, 3.63) is 54.1 Å². The van der Waals surface area contributed by atoms with Crippen molar-refractivity contribution >= 4 is 25.4 Å². The van der Waals surface area contributed by atoms with E-state index in [1.54, 1.807) is 6.07 Å². The Morgan fingerprint density at radius 3 is 2.04 bits per heavy atom. The van der Waals surface area contributed by atoms with Crippen LogP contribution < -0.4 is 4.90 Å². The normalized spacial score (nSPS) is 16.3. The van der Waals surface area contributed by atoms with E-state index >= 15 is 0 Å². The average Bonchev–Trinajstić information content (AvgIpc) is 2.66. The molecule has 1 heterocycles. The molecule has 1 fully saturated rings. The van der Waals surface area contributed by atoms with Crippen LogP contribution in [0.1, 0.15) is 5.56 Å². The molecule has 0 aliphatic carbocycles. The highest BCUT2D eigenvalue weighted by Gasteiger charge is 2.24. The van der Waals surface area contributed by atoms with Crippen molar-refractivity contribution in [1.82, 2.24) is 4.90 Å². The maximum absolute atomic E-state index is 12.3. The molecule has 2 aromatic rings. The number of benzene rings is 2. The van der Waals surface area contributed by atoms with Crippen LogP contribution in [0, 0.1) is 0 Å². The molecule has 3 rings (SSSR count). The lowest BCUT2D eigenvalue weighted by molar-refractivity contribution is 0.260. The van der Waals surface area contributed by atoms with Gasteiger partial charge in [0, 0.05) is 45.2 Å². The minimum absolute atomic E-state index is 0.0261. The fraction of sp³-hybridized carbons (Fsp3) is 0.400. The summed E-state index contributed by atoms with van der Waals surface area (Å²) < 4.78 is 48.2. The van der Waals surface area contributed by atoms with Gasteiger partial charge in [-0.15, -0.1) is 0 Å². The van der Waals surface area contributed by atoms with Gasteiger partial charge in [0.25, 0.3) is 0 Å². The van der Waals surface area contributed by atoms with Crippen LogP contribution in [0.3, 0.4) is 0 Å². The monoisotopic (exact) mass is 422 g/mol. The first-order chi connectivity index (χ1) is 13.1. The third-order valence-corrected chi connectivity index (χ3v) is 7.27. The summed E-state index contributed by atoms with van der Waals surface area (Å²) in [5, 5.41) is 0.